The fourth-order valence-corrected chi connectivity index (χ4v) is 2.97. The van der Waals surface area contributed by atoms with Crippen LogP contribution in [0.1, 0.15) is 45.4 Å². The molecule has 1 atom stereocenters. The number of carbonyl (C=O) groups excluding carboxylic acids is 1. The Morgan fingerprint density at radius 1 is 1.50 bits per heavy atom. The molecule has 0 aromatic rings. The van der Waals surface area contributed by atoms with Crippen molar-refractivity contribution in [3.63, 3.8) is 0 Å². The SMILES string of the molecule is CCCC1(C(=O)NCCN(C)C2CC2)CCCN1. The molecule has 0 bridgehead atoms. The molecule has 1 saturated carbocycles. The highest BCUT2D eigenvalue weighted by molar-refractivity contribution is 5.86. The van der Waals surface area contributed by atoms with Crippen LogP contribution in [0.2, 0.25) is 0 Å². The molecular weight excluding hydrogens is 226 g/mol. The number of amides is 1. The van der Waals surface area contributed by atoms with Crippen molar-refractivity contribution >= 4 is 5.91 Å². The van der Waals surface area contributed by atoms with Gasteiger partial charge in [-0.1, -0.05) is 13.3 Å². The second-order valence-electron chi connectivity index (χ2n) is 5.83. The molecule has 0 aromatic heterocycles. The molecule has 4 nitrogen and oxygen atoms in total. The molecule has 2 rings (SSSR count). The van der Waals surface area contributed by atoms with E-state index in [-0.39, 0.29) is 11.4 Å². The molecule has 1 amide bonds. The highest BCUT2D eigenvalue weighted by atomic mass is 16.2. The summed E-state index contributed by atoms with van der Waals surface area (Å²) in [4.78, 5) is 14.7. The van der Waals surface area contributed by atoms with Gasteiger partial charge < -0.3 is 15.5 Å². The second kappa shape index (κ2) is 6.02. The van der Waals surface area contributed by atoms with Gasteiger partial charge in [-0.15, -0.1) is 0 Å². The van der Waals surface area contributed by atoms with Crippen LogP contribution in [0.15, 0.2) is 0 Å². The molecule has 0 aromatic carbocycles. The van der Waals surface area contributed by atoms with Gasteiger partial charge in [-0.25, -0.2) is 0 Å². The predicted octanol–water partition coefficient (Wildman–Crippen LogP) is 1.12. The Labute approximate surface area is 110 Å². The standard InChI is InChI=1S/C14H27N3O/c1-3-7-14(8-4-9-16-14)13(18)15-10-11-17(2)12-5-6-12/h12,16H,3-11H2,1-2H3,(H,15,18). The summed E-state index contributed by atoms with van der Waals surface area (Å²) in [5, 5.41) is 6.54. The average molecular weight is 253 g/mol. The third kappa shape index (κ3) is 3.23. The average Bonchev–Trinajstić information content (AvgIpc) is 3.10. The highest BCUT2D eigenvalue weighted by Crippen LogP contribution is 2.26. The number of likely N-dealkylation sites (N-methyl/N-ethyl adjacent to an activating group) is 1. The van der Waals surface area contributed by atoms with E-state index in [1.165, 1.54) is 12.8 Å². The Kier molecular flexibility index (Phi) is 4.62. The summed E-state index contributed by atoms with van der Waals surface area (Å²) in [6.45, 7) is 4.88. The van der Waals surface area contributed by atoms with Crippen molar-refractivity contribution in [1.29, 1.82) is 0 Å². The molecule has 1 aliphatic carbocycles. The van der Waals surface area contributed by atoms with Crippen LogP contribution in [0.4, 0.5) is 0 Å². The summed E-state index contributed by atoms with van der Waals surface area (Å²) in [6.07, 6.45) is 6.78. The van der Waals surface area contributed by atoms with E-state index in [1.54, 1.807) is 0 Å². The summed E-state index contributed by atoms with van der Waals surface area (Å²) >= 11 is 0. The quantitative estimate of drug-likeness (QED) is 0.714. The lowest BCUT2D eigenvalue weighted by atomic mass is 9.91. The molecule has 4 heteroatoms. The van der Waals surface area contributed by atoms with Gasteiger partial charge in [0.05, 0.1) is 5.54 Å². The van der Waals surface area contributed by atoms with Gasteiger partial charge in [0.25, 0.3) is 0 Å². The highest BCUT2D eigenvalue weighted by Gasteiger charge is 2.39. The Bertz CT molecular complexity index is 283. The maximum absolute atomic E-state index is 12.3. The van der Waals surface area contributed by atoms with Crippen LogP contribution in [0.5, 0.6) is 0 Å². The van der Waals surface area contributed by atoms with E-state index in [0.717, 1.165) is 51.4 Å². The lowest BCUT2D eigenvalue weighted by Crippen LogP contribution is -2.54. The largest absolute Gasteiger partial charge is 0.353 e. The third-order valence-electron chi connectivity index (χ3n) is 4.28. The zero-order chi connectivity index (χ0) is 13.0. The summed E-state index contributed by atoms with van der Waals surface area (Å²) in [5.41, 5.74) is -0.271. The molecule has 2 N–H and O–H groups in total. The zero-order valence-electron chi connectivity index (χ0n) is 11.8. The second-order valence-corrected chi connectivity index (χ2v) is 5.83. The number of hydrogen-bond acceptors (Lipinski definition) is 3. The maximum Gasteiger partial charge on any atom is 0.240 e. The first-order valence-electron chi connectivity index (χ1n) is 7.41. The van der Waals surface area contributed by atoms with Crippen molar-refractivity contribution in [2.24, 2.45) is 0 Å². The number of nitrogens with one attached hydrogen (secondary N) is 2. The summed E-state index contributed by atoms with van der Waals surface area (Å²) in [6, 6.07) is 0.774. The zero-order valence-corrected chi connectivity index (χ0v) is 11.8. The van der Waals surface area contributed by atoms with Gasteiger partial charge in [0.1, 0.15) is 0 Å². The van der Waals surface area contributed by atoms with Gasteiger partial charge in [-0.3, -0.25) is 4.79 Å². The first-order valence-corrected chi connectivity index (χ1v) is 7.41. The van der Waals surface area contributed by atoms with Gasteiger partial charge in [0, 0.05) is 19.1 Å². The Morgan fingerprint density at radius 3 is 2.83 bits per heavy atom. The van der Waals surface area contributed by atoms with Crippen LogP contribution in [-0.4, -0.2) is 49.1 Å². The van der Waals surface area contributed by atoms with Crippen LogP contribution in [0.25, 0.3) is 0 Å². The van der Waals surface area contributed by atoms with Gasteiger partial charge >= 0.3 is 0 Å². The predicted molar refractivity (Wildman–Crippen MR) is 73.5 cm³/mol. The van der Waals surface area contributed by atoms with E-state index in [1.807, 2.05) is 0 Å². The summed E-state index contributed by atoms with van der Waals surface area (Å²) in [5.74, 6) is 0.214. The Morgan fingerprint density at radius 2 is 2.28 bits per heavy atom. The smallest absolute Gasteiger partial charge is 0.240 e. The van der Waals surface area contributed by atoms with Crippen molar-refractivity contribution < 1.29 is 4.79 Å². The lowest BCUT2D eigenvalue weighted by Gasteiger charge is -2.28. The molecule has 0 radical (unpaired) electrons. The molecule has 0 spiro atoms. The molecule has 1 heterocycles. The number of carbonyl (C=O) groups is 1. The lowest BCUT2D eigenvalue weighted by molar-refractivity contribution is -0.127. The van der Waals surface area contributed by atoms with Gasteiger partial charge in [0.2, 0.25) is 5.91 Å². The van der Waals surface area contributed by atoms with E-state index in [4.69, 9.17) is 0 Å². The van der Waals surface area contributed by atoms with Crippen LogP contribution < -0.4 is 10.6 Å². The monoisotopic (exact) mass is 253 g/mol. The first-order chi connectivity index (χ1) is 8.68. The molecule has 18 heavy (non-hydrogen) atoms. The van der Waals surface area contributed by atoms with Crippen molar-refractivity contribution in [2.45, 2.75) is 57.0 Å². The summed E-state index contributed by atoms with van der Waals surface area (Å²) in [7, 11) is 2.15. The van der Waals surface area contributed by atoms with Gasteiger partial charge in [-0.05, 0) is 45.7 Å². The molecule has 2 aliphatic rings. The molecule has 1 aliphatic heterocycles. The van der Waals surface area contributed by atoms with Crippen LogP contribution in [0.3, 0.4) is 0 Å². The fourth-order valence-electron chi connectivity index (χ4n) is 2.97. The normalized spacial score (nSPS) is 27.7. The topological polar surface area (TPSA) is 44.4 Å². The third-order valence-corrected chi connectivity index (χ3v) is 4.28. The van der Waals surface area contributed by atoms with Crippen molar-refractivity contribution in [1.82, 2.24) is 15.5 Å². The van der Waals surface area contributed by atoms with Gasteiger partial charge in [-0.2, -0.15) is 0 Å². The first kappa shape index (κ1) is 13.8. The van der Waals surface area contributed by atoms with E-state index in [9.17, 15) is 4.79 Å². The Balaban J connectivity index is 1.74. The molecule has 1 unspecified atom stereocenters. The fraction of sp³-hybridized carbons (Fsp3) is 0.929. The van der Waals surface area contributed by atoms with Crippen molar-refractivity contribution in [2.75, 3.05) is 26.7 Å². The minimum Gasteiger partial charge on any atom is -0.353 e. The Hall–Kier alpha value is -0.610. The number of hydrogen-bond donors (Lipinski definition) is 2. The minimum atomic E-state index is -0.271. The molecule has 1 saturated heterocycles. The molecular formula is C14H27N3O. The van der Waals surface area contributed by atoms with E-state index in [0.29, 0.717) is 0 Å². The van der Waals surface area contributed by atoms with Crippen LogP contribution in [-0.2, 0) is 4.79 Å². The molecule has 2 fully saturated rings. The number of rotatable bonds is 7. The van der Waals surface area contributed by atoms with Crippen molar-refractivity contribution in [3.8, 4) is 0 Å². The maximum atomic E-state index is 12.3. The van der Waals surface area contributed by atoms with Crippen LogP contribution in [0, 0.1) is 0 Å². The van der Waals surface area contributed by atoms with E-state index < -0.39 is 0 Å². The molecule has 104 valence electrons. The summed E-state index contributed by atoms with van der Waals surface area (Å²) < 4.78 is 0. The number of nitrogens with zero attached hydrogens (tertiary/aromatic N) is 1. The van der Waals surface area contributed by atoms with Crippen LogP contribution >= 0.6 is 0 Å². The van der Waals surface area contributed by atoms with E-state index >= 15 is 0 Å². The van der Waals surface area contributed by atoms with Gasteiger partial charge in [0.15, 0.2) is 0 Å². The van der Waals surface area contributed by atoms with E-state index in [2.05, 4.69) is 29.5 Å². The minimum absolute atomic E-state index is 0.214. The van der Waals surface area contributed by atoms with Crippen molar-refractivity contribution in [3.05, 3.63) is 0 Å².